The molecule has 2 aromatic rings. The average Bonchev–Trinajstić information content (AvgIpc) is 2.40. The third-order valence-electron chi connectivity index (χ3n) is 2.05. The number of nitrogens with one attached hydrogen (secondary N) is 2. The number of hydrogen-bond acceptors (Lipinski definition) is 6. The quantitative estimate of drug-likeness (QED) is 0.831. The molecular formula is C11H12N6O. The van der Waals surface area contributed by atoms with E-state index in [1.165, 1.54) is 12.4 Å². The highest BCUT2D eigenvalue weighted by Crippen LogP contribution is 2.06. The topological polar surface area (TPSA) is 92.7 Å². The summed E-state index contributed by atoms with van der Waals surface area (Å²) in [6.45, 7) is 2.70. The Hall–Kier alpha value is -2.57. The number of pyridine rings is 1. The van der Waals surface area contributed by atoms with Crippen LogP contribution in [-0.4, -0.2) is 32.6 Å². The van der Waals surface area contributed by atoms with Crippen LogP contribution in [0.2, 0.25) is 0 Å². The number of hydrogen-bond donors (Lipinski definition) is 2. The molecule has 0 aliphatic carbocycles. The number of carbonyl (C=O) groups excluding carboxylic acids is 1. The second-order valence-electron chi connectivity index (χ2n) is 3.36. The van der Waals surface area contributed by atoms with Gasteiger partial charge in [-0.15, -0.1) is 5.10 Å². The lowest BCUT2D eigenvalue weighted by atomic mass is 10.3. The van der Waals surface area contributed by atoms with Crippen LogP contribution in [0.3, 0.4) is 0 Å². The van der Waals surface area contributed by atoms with E-state index in [0.717, 1.165) is 6.54 Å². The highest BCUT2D eigenvalue weighted by molar-refractivity contribution is 6.01. The van der Waals surface area contributed by atoms with E-state index in [4.69, 9.17) is 0 Å². The zero-order chi connectivity index (χ0) is 12.8. The van der Waals surface area contributed by atoms with E-state index in [1.54, 1.807) is 18.2 Å². The summed E-state index contributed by atoms with van der Waals surface area (Å²) in [5.41, 5.74) is 0.293. The maximum Gasteiger partial charge on any atom is 0.276 e. The number of anilines is 2. The summed E-state index contributed by atoms with van der Waals surface area (Å²) < 4.78 is 0. The van der Waals surface area contributed by atoms with Crippen molar-refractivity contribution < 1.29 is 4.79 Å². The Balaban J connectivity index is 2.11. The Morgan fingerprint density at radius 2 is 2.22 bits per heavy atom. The van der Waals surface area contributed by atoms with E-state index in [2.05, 4.69) is 30.8 Å². The van der Waals surface area contributed by atoms with E-state index < -0.39 is 0 Å². The molecule has 2 aromatic heterocycles. The van der Waals surface area contributed by atoms with Gasteiger partial charge in [0.1, 0.15) is 11.5 Å². The van der Waals surface area contributed by atoms with E-state index in [-0.39, 0.29) is 11.9 Å². The molecule has 0 saturated carbocycles. The number of rotatable bonds is 4. The second-order valence-corrected chi connectivity index (χ2v) is 3.36. The number of amides is 1. The van der Waals surface area contributed by atoms with Crippen molar-refractivity contribution in [3.05, 3.63) is 36.3 Å². The summed E-state index contributed by atoms with van der Waals surface area (Å²) in [6, 6.07) is 5.16. The summed E-state index contributed by atoms with van der Waals surface area (Å²) in [7, 11) is 0. The Morgan fingerprint density at radius 1 is 1.33 bits per heavy atom. The first-order valence-electron chi connectivity index (χ1n) is 5.45. The summed E-state index contributed by atoms with van der Waals surface area (Å²) in [4.78, 5) is 19.9. The fourth-order valence-corrected chi connectivity index (χ4v) is 1.31. The SMILES string of the molecule is CCNc1cccc(C(=O)Nc2nccnn2)n1. The number of carbonyl (C=O) groups is 1. The molecule has 0 unspecified atom stereocenters. The Bertz CT molecular complexity index is 530. The molecule has 0 atom stereocenters. The smallest absolute Gasteiger partial charge is 0.276 e. The summed E-state index contributed by atoms with van der Waals surface area (Å²) in [6.07, 6.45) is 2.88. The van der Waals surface area contributed by atoms with Crippen LogP contribution in [0.15, 0.2) is 30.6 Å². The molecule has 92 valence electrons. The van der Waals surface area contributed by atoms with Crippen molar-refractivity contribution in [2.24, 2.45) is 0 Å². The fraction of sp³-hybridized carbons (Fsp3) is 0.182. The first-order valence-corrected chi connectivity index (χ1v) is 5.45. The standard InChI is InChI=1S/C11H12N6O/c1-2-12-9-5-3-4-8(15-9)10(18)16-11-13-6-7-14-17-11/h3-7H,2H2,1H3,(H,12,15)(H,13,16,17,18). The minimum atomic E-state index is -0.372. The van der Waals surface area contributed by atoms with Crippen LogP contribution >= 0.6 is 0 Å². The molecule has 7 heteroatoms. The molecule has 0 spiro atoms. The monoisotopic (exact) mass is 244 g/mol. The maximum atomic E-state index is 11.9. The molecule has 1 amide bonds. The van der Waals surface area contributed by atoms with Crippen LogP contribution in [-0.2, 0) is 0 Å². The fourth-order valence-electron chi connectivity index (χ4n) is 1.31. The third-order valence-corrected chi connectivity index (χ3v) is 2.05. The lowest BCUT2D eigenvalue weighted by Crippen LogP contribution is -2.16. The lowest BCUT2D eigenvalue weighted by molar-refractivity contribution is 0.102. The molecule has 0 saturated heterocycles. The van der Waals surface area contributed by atoms with Crippen LogP contribution in [0.5, 0.6) is 0 Å². The van der Waals surface area contributed by atoms with Gasteiger partial charge in [-0.2, -0.15) is 5.10 Å². The molecular weight excluding hydrogens is 232 g/mol. The molecule has 2 rings (SSSR count). The van der Waals surface area contributed by atoms with Crippen molar-refractivity contribution in [3.8, 4) is 0 Å². The van der Waals surface area contributed by atoms with Gasteiger partial charge in [-0.05, 0) is 19.1 Å². The van der Waals surface area contributed by atoms with Crippen molar-refractivity contribution >= 4 is 17.7 Å². The summed E-state index contributed by atoms with van der Waals surface area (Å²) in [5.74, 6) is 0.429. The largest absolute Gasteiger partial charge is 0.370 e. The minimum Gasteiger partial charge on any atom is -0.370 e. The van der Waals surface area contributed by atoms with Gasteiger partial charge in [-0.1, -0.05) is 6.07 Å². The van der Waals surface area contributed by atoms with Gasteiger partial charge in [0.05, 0.1) is 12.4 Å². The number of nitrogens with zero attached hydrogens (tertiary/aromatic N) is 4. The average molecular weight is 244 g/mol. The van der Waals surface area contributed by atoms with Crippen molar-refractivity contribution in [1.82, 2.24) is 20.2 Å². The van der Waals surface area contributed by atoms with Gasteiger partial charge in [-0.25, -0.2) is 9.97 Å². The van der Waals surface area contributed by atoms with Gasteiger partial charge in [0.15, 0.2) is 0 Å². The third kappa shape index (κ3) is 2.97. The van der Waals surface area contributed by atoms with E-state index in [0.29, 0.717) is 11.5 Å². The van der Waals surface area contributed by atoms with Crippen molar-refractivity contribution in [2.75, 3.05) is 17.2 Å². The lowest BCUT2D eigenvalue weighted by Gasteiger charge is -2.05. The normalized spacial score (nSPS) is 9.83. The van der Waals surface area contributed by atoms with Crippen LogP contribution in [0.4, 0.5) is 11.8 Å². The molecule has 0 bridgehead atoms. The van der Waals surface area contributed by atoms with Gasteiger partial charge in [0.2, 0.25) is 5.95 Å². The molecule has 0 aliphatic rings. The summed E-state index contributed by atoms with van der Waals surface area (Å²) in [5, 5.41) is 12.8. The van der Waals surface area contributed by atoms with Gasteiger partial charge in [-0.3, -0.25) is 10.1 Å². The maximum absolute atomic E-state index is 11.9. The predicted molar refractivity (Wildman–Crippen MR) is 66.2 cm³/mol. The second kappa shape index (κ2) is 5.67. The first kappa shape index (κ1) is 11.9. The molecule has 0 fully saturated rings. The Labute approximate surface area is 104 Å². The number of aromatic nitrogens is 4. The predicted octanol–water partition coefficient (Wildman–Crippen LogP) is 0.951. The van der Waals surface area contributed by atoms with Crippen LogP contribution in [0.1, 0.15) is 17.4 Å². The molecule has 2 N–H and O–H groups in total. The molecule has 2 heterocycles. The Kier molecular flexibility index (Phi) is 3.75. The zero-order valence-electron chi connectivity index (χ0n) is 9.79. The van der Waals surface area contributed by atoms with Crippen LogP contribution < -0.4 is 10.6 Å². The van der Waals surface area contributed by atoms with E-state index in [1.807, 2.05) is 6.92 Å². The van der Waals surface area contributed by atoms with Gasteiger partial charge in [0, 0.05) is 6.54 Å². The van der Waals surface area contributed by atoms with Crippen molar-refractivity contribution in [1.29, 1.82) is 0 Å². The van der Waals surface area contributed by atoms with Gasteiger partial charge < -0.3 is 5.32 Å². The molecule has 7 nitrogen and oxygen atoms in total. The van der Waals surface area contributed by atoms with E-state index >= 15 is 0 Å². The van der Waals surface area contributed by atoms with Crippen molar-refractivity contribution in [3.63, 3.8) is 0 Å². The van der Waals surface area contributed by atoms with E-state index in [9.17, 15) is 4.79 Å². The summed E-state index contributed by atoms with van der Waals surface area (Å²) >= 11 is 0. The molecule has 0 radical (unpaired) electrons. The first-order chi connectivity index (χ1) is 8.79. The highest BCUT2D eigenvalue weighted by Gasteiger charge is 2.09. The van der Waals surface area contributed by atoms with Crippen LogP contribution in [0.25, 0.3) is 0 Å². The van der Waals surface area contributed by atoms with Crippen molar-refractivity contribution in [2.45, 2.75) is 6.92 Å². The van der Waals surface area contributed by atoms with Crippen LogP contribution in [0, 0.1) is 0 Å². The zero-order valence-corrected chi connectivity index (χ0v) is 9.79. The molecule has 0 aromatic carbocycles. The highest BCUT2D eigenvalue weighted by atomic mass is 16.2. The minimum absolute atomic E-state index is 0.151. The molecule has 18 heavy (non-hydrogen) atoms. The molecule has 0 aliphatic heterocycles. The Morgan fingerprint density at radius 3 is 2.94 bits per heavy atom. The van der Waals surface area contributed by atoms with Gasteiger partial charge >= 0.3 is 0 Å². The van der Waals surface area contributed by atoms with Gasteiger partial charge in [0.25, 0.3) is 5.91 Å².